The van der Waals surface area contributed by atoms with Crippen LogP contribution in [0.1, 0.15) is 32.2 Å². The molecule has 160 valence electrons. The highest BCUT2D eigenvalue weighted by atomic mass is 32.1. The normalized spacial score (nSPS) is 11.1. The first-order chi connectivity index (χ1) is 15.5. The lowest BCUT2D eigenvalue weighted by molar-refractivity contribution is 0.0954. The number of hydrogen-bond acceptors (Lipinski definition) is 5. The Morgan fingerprint density at radius 3 is 2.38 bits per heavy atom. The van der Waals surface area contributed by atoms with Gasteiger partial charge in [-0.15, -0.1) is 11.3 Å². The number of aromatic nitrogens is 3. The number of nitrogens with zero attached hydrogens (tertiary/aromatic N) is 3. The van der Waals surface area contributed by atoms with Crippen LogP contribution in [-0.4, -0.2) is 20.9 Å². The zero-order valence-electron chi connectivity index (χ0n) is 17.0. The molecule has 0 atom stereocenters. The smallest absolute Gasteiger partial charge is 0.263 e. The average Bonchev–Trinajstić information content (AvgIpc) is 3.20. The van der Waals surface area contributed by atoms with Gasteiger partial charge in [0.25, 0.3) is 5.91 Å². The largest absolute Gasteiger partial charge is 0.347 e. The fraction of sp³-hybridized carbons (Fsp3) is 0.0833. The fourth-order valence-corrected chi connectivity index (χ4v) is 3.84. The lowest BCUT2D eigenvalue weighted by Crippen LogP contribution is -2.22. The van der Waals surface area contributed by atoms with E-state index in [9.17, 15) is 13.6 Å². The summed E-state index contributed by atoms with van der Waals surface area (Å²) in [5.41, 5.74) is 3.40. The molecule has 8 heteroatoms. The van der Waals surface area contributed by atoms with Crippen molar-refractivity contribution in [2.75, 3.05) is 0 Å². The molecule has 0 spiro atoms. The van der Waals surface area contributed by atoms with Crippen LogP contribution in [-0.2, 0) is 6.54 Å². The highest BCUT2D eigenvalue weighted by Gasteiger charge is 2.17. The number of thiazole rings is 1. The molecule has 0 bridgehead atoms. The molecule has 2 aromatic heterocycles. The van der Waals surface area contributed by atoms with Crippen LogP contribution in [0, 0.1) is 18.6 Å². The number of benzene rings is 2. The predicted octanol–water partition coefficient (Wildman–Crippen LogP) is 5.29. The molecule has 32 heavy (non-hydrogen) atoms. The van der Waals surface area contributed by atoms with Gasteiger partial charge in [-0.3, -0.25) is 9.78 Å². The SMILES string of the molecule is Cc1nc(-c2cncc(C=Cc3ccc(F)cc3)n2)sc1C(=O)NCc1ccc(F)cc1. The highest BCUT2D eigenvalue weighted by Crippen LogP contribution is 2.26. The summed E-state index contributed by atoms with van der Waals surface area (Å²) in [6.45, 7) is 2.05. The van der Waals surface area contributed by atoms with Gasteiger partial charge >= 0.3 is 0 Å². The van der Waals surface area contributed by atoms with Gasteiger partial charge in [-0.2, -0.15) is 0 Å². The third kappa shape index (κ3) is 5.28. The zero-order valence-corrected chi connectivity index (χ0v) is 17.9. The summed E-state index contributed by atoms with van der Waals surface area (Å²) < 4.78 is 26.1. The Morgan fingerprint density at radius 2 is 1.66 bits per heavy atom. The van der Waals surface area contributed by atoms with Crippen molar-refractivity contribution >= 4 is 29.4 Å². The summed E-state index contributed by atoms with van der Waals surface area (Å²) in [7, 11) is 0. The fourth-order valence-electron chi connectivity index (χ4n) is 2.90. The van der Waals surface area contributed by atoms with E-state index in [1.807, 2.05) is 6.08 Å². The highest BCUT2D eigenvalue weighted by molar-refractivity contribution is 7.17. The Hall–Kier alpha value is -3.78. The second kappa shape index (κ2) is 9.57. The van der Waals surface area contributed by atoms with E-state index in [2.05, 4.69) is 20.3 Å². The number of aryl methyl sites for hydroxylation is 1. The maximum absolute atomic E-state index is 13.0. The summed E-state index contributed by atoms with van der Waals surface area (Å²) in [4.78, 5) is 26.3. The molecule has 0 fully saturated rings. The number of halogens is 2. The van der Waals surface area contributed by atoms with Crippen LogP contribution in [0.4, 0.5) is 8.78 Å². The summed E-state index contributed by atoms with van der Waals surface area (Å²) in [5, 5.41) is 3.41. The van der Waals surface area contributed by atoms with Gasteiger partial charge in [-0.1, -0.05) is 30.3 Å². The van der Waals surface area contributed by atoms with E-state index in [-0.39, 0.29) is 24.1 Å². The molecule has 0 saturated heterocycles. The molecular weight excluding hydrogens is 430 g/mol. The average molecular weight is 448 g/mol. The van der Waals surface area contributed by atoms with Crippen molar-refractivity contribution in [3.8, 4) is 10.7 Å². The van der Waals surface area contributed by atoms with Gasteiger partial charge in [0.05, 0.1) is 23.8 Å². The number of rotatable bonds is 6. The molecule has 2 heterocycles. The standard InChI is InChI=1S/C24H18F2N4OS/c1-15-22(23(31)28-12-17-4-9-19(26)10-5-17)32-24(29-15)21-14-27-13-20(30-21)11-6-16-2-7-18(25)8-3-16/h2-11,13-14H,12H2,1H3,(H,28,31). The molecule has 0 unspecified atom stereocenters. The van der Waals surface area contributed by atoms with Crippen LogP contribution >= 0.6 is 11.3 Å². The van der Waals surface area contributed by atoms with Gasteiger partial charge in [0, 0.05) is 6.54 Å². The minimum atomic E-state index is -0.320. The molecule has 1 N–H and O–H groups in total. The number of carbonyl (C=O) groups is 1. The lowest BCUT2D eigenvalue weighted by atomic mass is 10.2. The van der Waals surface area contributed by atoms with Crippen LogP contribution in [0.5, 0.6) is 0 Å². The van der Waals surface area contributed by atoms with Gasteiger partial charge in [0.2, 0.25) is 0 Å². The van der Waals surface area contributed by atoms with Crippen LogP contribution in [0.15, 0.2) is 60.9 Å². The van der Waals surface area contributed by atoms with E-state index in [1.54, 1.807) is 49.7 Å². The van der Waals surface area contributed by atoms with Crippen molar-refractivity contribution in [3.63, 3.8) is 0 Å². The molecule has 0 aliphatic heterocycles. The van der Waals surface area contributed by atoms with E-state index >= 15 is 0 Å². The van der Waals surface area contributed by atoms with Gasteiger partial charge in [-0.05, 0) is 48.4 Å². The van der Waals surface area contributed by atoms with Gasteiger partial charge in [0.1, 0.15) is 27.2 Å². The molecule has 4 rings (SSSR count). The number of nitrogens with one attached hydrogen (secondary N) is 1. The first kappa shape index (κ1) is 21.5. The van der Waals surface area contributed by atoms with Crippen molar-refractivity contribution in [2.45, 2.75) is 13.5 Å². The maximum atomic E-state index is 13.0. The predicted molar refractivity (Wildman–Crippen MR) is 121 cm³/mol. The van der Waals surface area contributed by atoms with Crippen LogP contribution in [0.3, 0.4) is 0 Å². The Labute approximate surface area is 187 Å². The molecular formula is C24H18F2N4OS. The van der Waals surface area contributed by atoms with E-state index in [4.69, 9.17) is 0 Å². The number of hydrogen-bond donors (Lipinski definition) is 1. The monoisotopic (exact) mass is 448 g/mol. The lowest BCUT2D eigenvalue weighted by Gasteiger charge is -2.04. The second-order valence-corrected chi connectivity index (χ2v) is 7.96. The molecule has 0 radical (unpaired) electrons. The summed E-state index contributed by atoms with van der Waals surface area (Å²) >= 11 is 1.23. The van der Waals surface area contributed by atoms with Crippen molar-refractivity contribution in [3.05, 3.63) is 100.0 Å². The van der Waals surface area contributed by atoms with Gasteiger partial charge in [-0.25, -0.2) is 18.7 Å². The summed E-state index contributed by atoms with van der Waals surface area (Å²) in [5.74, 6) is -0.865. The molecule has 0 aliphatic carbocycles. The third-order valence-electron chi connectivity index (χ3n) is 4.56. The van der Waals surface area contributed by atoms with Crippen molar-refractivity contribution in [1.82, 2.24) is 20.3 Å². The Bertz CT molecular complexity index is 1270. The molecule has 0 saturated carbocycles. The Balaban J connectivity index is 1.48. The van der Waals surface area contributed by atoms with E-state index in [1.165, 1.54) is 35.6 Å². The molecule has 0 aliphatic rings. The second-order valence-electron chi connectivity index (χ2n) is 6.96. The van der Waals surface area contributed by atoms with Crippen molar-refractivity contribution in [2.24, 2.45) is 0 Å². The van der Waals surface area contributed by atoms with Crippen LogP contribution in [0.25, 0.3) is 22.9 Å². The van der Waals surface area contributed by atoms with Gasteiger partial charge < -0.3 is 5.32 Å². The van der Waals surface area contributed by atoms with E-state index < -0.39 is 0 Å². The zero-order chi connectivity index (χ0) is 22.5. The molecule has 4 aromatic rings. The maximum Gasteiger partial charge on any atom is 0.263 e. The van der Waals surface area contributed by atoms with Gasteiger partial charge in [0.15, 0.2) is 0 Å². The third-order valence-corrected chi connectivity index (χ3v) is 5.74. The first-order valence-electron chi connectivity index (χ1n) is 9.74. The summed E-state index contributed by atoms with van der Waals surface area (Å²) in [6, 6.07) is 12.1. The first-order valence-corrected chi connectivity index (χ1v) is 10.6. The topological polar surface area (TPSA) is 67.8 Å². The van der Waals surface area contributed by atoms with Crippen molar-refractivity contribution in [1.29, 1.82) is 0 Å². The Morgan fingerprint density at radius 1 is 0.969 bits per heavy atom. The van der Waals surface area contributed by atoms with Crippen LogP contribution < -0.4 is 5.32 Å². The summed E-state index contributed by atoms with van der Waals surface area (Å²) in [6.07, 6.45) is 6.79. The number of amides is 1. The van der Waals surface area contributed by atoms with E-state index in [0.29, 0.717) is 27.0 Å². The van der Waals surface area contributed by atoms with Crippen LogP contribution in [0.2, 0.25) is 0 Å². The molecule has 5 nitrogen and oxygen atoms in total. The minimum absolute atomic E-state index is 0.254. The molecule has 2 aromatic carbocycles. The Kier molecular flexibility index (Phi) is 6.42. The number of carbonyl (C=O) groups excluding carboxylic acids is 1. The van der Waals surface area contributed by atoms with E-state index in [0.717, 1.165) is 11.1 Å². The van der Waals surface area contributed by atoms with Crippen molar-refractivity contribution < 1.29 is 13.6 Å². The molecule has 1 amide bonds. The minimum Gasteiger partial charge on any atom is -0.347 e. The quantitative estimate of drug-likeness (QED) is 0.435.